The van der Waals surface area contributed by atoms with E-state index < -0.39 is 0 Å². The predicted octanol–water partition coefficient (Wildman–Crippen LogP) is 1.76. The number of amides is 1. The summed E-state index contributed by atoms with van der Waals surface area (Å²) >= 11 is 0. The number of nitrogens with one attached hydrogen (secondary N) is 2. The molecule has 0 unspecified atom stereocenters. The van der Waals surface area contributed by atoms with E-state index in [2.05, 4.69) is 20.2 Å². The maximum atomic E-state index is 10.8. The minimum Gasteiger partial charge on any atom is -0.355 e. The number of hydrogen-bond acceptors (Lipinski definition) is 3. The minimum absolute atomic E-state index is 0.0110. The lowest BCUT2D eigenvalue weighted by atomic mass is 9.96. The van der Waals surface area contributed by atoms with Crippen LogP contribution in [-0.4, -0.2) is 28.0 Å². The minimum atomic E-state index is 0.0110. The van der Waals surface area contributed by atoms with Crippen molar-refractivity contribution < 1.29 is 4.79 Å². The van der Waals surface area contributed by atoms with E-state index in [1.165, 1.54) is 39.0 Å². The van der Waals surface area contributed by atoms with Crippen molar-refractivity contribution in [3.8, 4) is 0 Å². The van der Waals surface area contributed by atoms with Gasteiger partial charge in [-0.15, -0.1) is 0 Å². The van der Waals surface area contributed by atoms with Crippen LogP contribution in [0.25, 0.3) is 0 Å². The van der Waals surface area contributed by atoms with Crippen LogP contribution in [0, 0.1) is 0 Å². The van der Waals surface area contributed by atoms with Crippen molar-refractivity contribution in [2.24, 2.45) is 0 Å². The summed E-state index contributed by atoms with van der Waals surface area (Å²) in [5.41, 5.74) is 0. The third-order valence-corrected chi connectivity index (χ3v) is 3.38. The second kappa shape index (κ2) is 6.42. The van der Waals surface area contributed by atoms with E-state index in [9.17, 15) is 4.79 Å². The Morgan fingerprint density at radius 3 is 2.94 bits per heavy atom. The molecule has 0 atom stereocenters. The molecule has 1 saturated carbocycles. The highest BCUT2D eigenvalue weighted by molar-refractivity contribution is 5.72. The van der Waals surface area contributed by atoms with Crippen molar-refractivity contribution in [2.75, 3.05) is 11.9 Å². The van der Waals surface area contributed by atoms with E-state index in [0.717, 1.165) is 12.5 Å². The van der Waals surface area contributed by atoms with Gasteiger partial charge >= 0.3 is 0 Å². The summed E-state index contributed by atoms with van der Waals surface area (Å²) in [5.74, 6) is 0.934. The van der Waals surface area contributed by atoms with Gasteiger partial charge in [0, 0.05) is 38.4 Å². The summed E-state index contributed by atoms with van der Waals surface area (Å²) in [6.45, 7) is 2.94. The van der Waals surface area contributed by atoms with E-state index in [-0.39, 0.29) is 5.91 Å². The van der Waals surface area contributed by atoms with E-state index in [1.807, 2.05) is 6.20 Å². The normalized spacial score (nSPS) is 16.5. The molecule has 0 bridgehead atoms. The van der Waals surface area contributed by atoms with Gasteiger partial charge in [-0.05, 0) is 12.8 Å². The third-order valence-electron chi connectivity index (χ3n) is 3.38. The van der Waals surface area contributed by atoms with Crippen LogP contribution in [0.1, 0.15) is 39.0 Å². The number of carbonyl (C=O) groups is 1. The lowest BCUT2D eigenvalue weighted by Gasteiger charge is -2.23. The maximum Gasteiger partial charge on any atom is 0.216 e. The number of nitrogens with zero attached hydrogens (tertiary/aromatic N) is 2. The summed E-state index contributed by atoms with van der Waals surface area (Å²) < 4.78 is 2.06. The number of carbonyl (C=O) groups excluding carboxylic acids is 1. The molecule has 2 rings (SSSR count). The Hall–Kier alpha value is -1.52. The van der Waals surface area contributed by atoms with Gasteiger partial charge in [0.2, 0.25) is 11.9 Å². The molecule has 1 aliphatic rings. The molecule has 1 aromatic rings. The fourth-order valence-corrected chi connectivity index (χ4v) is 2.41. The number of rotatable bonds is 5. The average Bonchev–Trinajstić information content (AvgIpc) is 2.78. The zero-order valence-corrected chi connectivity index (χ0v) is 11.0. The van der Waals surface area contributed by atoms with E-state index in [1.54, 1.807) is 6.20 Å². The van der Waals surface area contributed by atoms with Crippen LogP contribution in [0.15, 0.2) is 12.4 Å². The van der Waals surface area contributed by atoms with Crippen LogP contribution in [0.5, 0.6) is 0 Å². The molecular weight excluding hydrogens is 228 g/mol. The molecule has 100 valence electrons. The van der Waals surface area contributed by atoms with Gasteiger partial charge in [0.05, 0.1) is 0 Å². The molecule has 1 heterocycles. The maximum absolute atomic E-state index is 10.8. The zero-order valence-electron chi connectivity index (χ0n) is 11.0. The molecule has 2 N–H and O–H groups in total. The van der Waals surface area contributed by atoms with Crippen molar-refractivity contribution >= 4 is 11.9 Å². The number of anilines is 1. The Balaban J connectivity index is 1.84. The Kier molecular flexibility index (Phi) is 4.61. The standard InChI is InChI=1S/C13H22N4O/c1-11(18)14-7-9-17-10-8-15-13(17)16-12-5-3-2-4-6-12/h8,10,12H,2-7,9H2,1H3,(H,14,18)(H,15,16). The molecule has 5 heteroatoms. The first-order valence-electron chi connectivity index (χ1n) is 6.78. The smallest absolute Gasteiger partial charge is 0.216 e. The predicted molar refractivity (Wildman–Crippen MR) is 71.4 cm³/mol. The fourth-order valence-electron chi connectivity index (χ4n) is 2.41. The van der Waals surface area contributed by atoms with Crippen molar-refractivity contribution in [1.29, 1.82) is 0 Å². The number of aromatic nitrogens is 2. The Bertz CT molecular complexity index is 382. The topological polar surface area (TPSA) is 59.0 Å². The van der Waals surface area contributed by atoms with Gasteiger partial charge < -0.3 is 15.2 Å². The van der Waals surface area contributed by atoms with Crippen LogP contribution in [0.2, 0.25) is 0 Å². The lowest BCUT2D eigenvalue weighted by Crippen LogP contribution is -2.27. The second-order valence-electron chi connectivity index (χ2n) is 4.91. The van der Waals surface area contributed by atoms with Gasteiger partial charge in [0.15, 0.2) is 0 Å². The molecule has 1 amide bonds. The first-order valence-corrected chi connectivity index (χ1v) is 6.78. The SMILES string of the molecule is CC(=O)NCCn1ccnc1NC1CCCCC1. The molecule has 0 aromatic carbocycles. The van der Waals surface area contributed by atoms with Gasteiger partial charge in [0.25, 0.3) is 0 Å². The Morgan fingerprint density at radius 2 is 2.22 bits per heavy atom. The summed E-state index contributed by atoms with van der Waals surface area (Å²) in [5, 5.41) is 6.31. The summed E-state index contributed by atoms with van der Waals surface area (Å²) in [6.07, 6.45) is 10.2. The van der Waals surface area contributed by atoms with Crippen molar-refractivity contribution in [2.45, 2.75) is 51.6 Å². The largest absolute Gasteiger partial charge is 0.355 e. The quantitative estimate of drug-likeness (QED) is 0.837. The van der Waals surface area contributed by atoms with E-state index >= 15 is 0 Å². The van der Waals surface area contributed by atoms with Gasteiger partial charge in [-0.1, -0.05) is 19.3 Å². The van der Waals surface area contributed by atoms with Crippen molar-refractivity contribution in [1.82, 2.24) is 14.9 Å². The highest BCUT2D eigenvalue weighted by atomic mass is 16.1. The lowest BCUT2D eigenvalue weighted by molar-refractivity contribution is -0.118. The van der Waals surface area contributed by atoms with Crippen LogP contribution >= 0.6 is 0 Å². The summed E-state index contributed by atoms with van der Waals surface area (Å²) in [4.78, 5) is 15.2. The molecule has 0 saturated heterocycles. The molecule has 0 aliphatic heterocycles. The Labute approximate surface area is 108 Å². The first kappa shape index (κ1) is 12.9. The van der Waals surface area contributed by atoms with Crippen LogP contribution < -0.4 is 10.6 Å². The molecule has 1 aromatic heterocycles. The molecule has 1 fully saturated rings. The van der Waals surface area contributed by atoms with Gasteiger partial charge in [-0.25, -0.2) is 4.98 Å². The first-order chi connectivity index (χ1) is 8.75. The highest BCUT2D eigenvalue weighted by Gasteiger charge is 2.14. The summed E-state index contributed by atoms with van der Waals surface area (Å²) in [6, 6.07) is 0.556. The molecular formula is C13H22N4O. The van der Waals surface area contributed by atoms with Crippen LogP contribution in [0.3, 0.4) is 0 Å². The third kappa shape index (κ3) is 3.75. The van der Waals surface area contributed by atoms with E-state index in [4.69, 9.17) is 0 Å². The molecule has 0 spiro atoms. The van der Waals surface area contributed by atoms with Gasteiger partial charge in [-0.2, -0.15) is 0 Å². The molecule has 5 nitrogen and oxygen atoms in total. The molecule has 18 heavy (non-hydrogen) atoms. The number of hydrogen-bond donors (Lipinski definition) is 2. The van der Waals surface area contributed by atoms with E-state index in [0.29, 0.717) is 12.6 Å². The van der Waals surface area contributed by atoms with Crippen LogP contribution in [0.4, 0.5) is 5.95 Å². The summed E-state index contributed by atoms with van der Waals surface area (Å²) in [7, 11) is 0. The monoisotopic (exact) mass is 250 g/mol. The highest BCUT2D eigenvalue weighted by Crippen LogP contribution is 2.20. The second-order valence-corrected chi connectivity index (χ2v) is 4.91. The fraction of sp³-hybridized carbons (Fsp3) is 0.692. The Morgan fingerprint density at radius 1 is 1.44 bits per heavy atom. The molecule has 1 aliphatic carbocycles. The number of imidazole rings is 1. The van der Waals surface area contributed by atoms with Gasteiger partial charge in [-0.3, -0.25) is 4.79 Å². The molecule has 0 radical (unpaired) electrons. The van der Waals surface area contributed by atoms with Crippen molar-refractivity contribution in [3.63, 3.8) is 0 Å². The van der Waals surface area contributed by atoms with Gasteiger partial charge in [0.1, 0.15) is 0 Å². The average molecular weight is 250 g/mol. The van der Waals surface area contributed by atoms with Crippen molar-refractivity contribution in [3.05, 3.63) is 12.4 Å². The van der Waals surface area contributed by atoms with Crippen LogP contribution in [-0.2, 0) is 11.3 Å². The zero-order chi connectivity index (χ0) is 12.8.